The van der Waals surface area contributed by atoms with E-state index in [0.29, 0.717) is 13.2 Å². The summed E-state index contributed by atoms with van der Waals surface area (Å²) in [6.45, 7) is 3.33. The highest BCUT2D eigenvalue weighted by molar-refractivity contribution is 7.19. The van der Waals surface area contributed by atoms with Crippen molar-refractivity contribution in [2.24, 2.45) is 0 Å². The van der Waals surface area contributed by atoms with Crippen LogP contribution in [0.15, 0.2) is 24.3 Å². The van der Waals surface area contributed by atoms with Gasteiger partial charge in [0, 0.05) is 16.2 Å². The van der Waals surface area contributed by atoms with Crippen LogP contribution in [0.3, 0.4) is 0 Å². The molecular formula is C13H16FNOS. The largest absolute Gasteiger partial charge is 0.380 e. The minimum absolute atomic E-state index is 0.176. The lowest BCUT2D eigenvalue weighted by molar-refractivity contribution is 0.126. The van der Waals surface area contributed by atoms with Crippen LogP contribution >= 0.6 is 11.3 Å². The fourth-order valence-electron chi connectivity index (χ4n) is 1.74. The van der Waals surface area contributed by atoms with Gasteiger partial charge >= 0.3 is 0 Å². The summed E-state index contributed by atoms with van der Waals surface area (Å²) in [5.74, 6) is -0.184. The van der Waals surface area contributed by atoms with Gasteiger partial charge < -0.3 is 10.1 Å². The van der Waals surface area contributed by atoms with E-state index < -0.39 is 0 Å². The molecule has 0 amide bonds. The maximum atomic E-state index is 13.1. The fraction of sp³-hybridized carbons (Fsp3) is 0.385. The molecule has 1 unspecified atom stereocenters. The Balaban J connectivity index is 2.27. The molecule has 0 radical (unpaired) electrons. The summed E-state index contributed by atoms with van der Waals surface area (Å²) >= 11 is 1.61. The Morgan fingerprint density at radius 1 is 1.41 bits per heavy atom. The smallest absolute Gasteiger partial charge is 0.124 e. The van der Waals surface area contributed by atoms with Crippen LogP contribution in [-0.2, 0) is 4.74 Å². The standard InChI is InChI=1S/C13H16FNOS/c1-3-16-8-11(15-2)13-6-9-4-5-10(14)7-12(9)17-13/h4-7,11,15H,3,8H2,1-2H3. The van der Waals surface area contributed by atoms with Crippen molar-refractivity contribution in [2.45, 2.75) is 13.0 Å². The van der Waals surface area contributed by atoms with E-state index in [-0.39, 0.29) is 11.9 Å². The molecule has 92 valence electrons. The molecule has 1 aromatic carbocycles. The number of fused-ring (bicyclic) bond motifs is 1. The summed E-state index contributed by atoms with van der Waals surface area (Å²) in [7, 11) is 1.91. The summed E-state index contributed by atoms with van der Waals surface area (Å²) in [6.07, 6.45) is 0. The average molecular weight is 253 g/mol. The Hall–Kier alpha value is -0.970. The van der Waals surface area contributed by atoms with Crippen LogP contribution in [0.4, 0.5) is 4.39 Å². The number of benzene rings is 1. The molecule has 17 heavy (non-hydrogen) atoms. The van der Waals surface area contributed by atoms with E-state index in [1.807, 2.05) is 20.0 Å². The molecule has 0 aliphatic heterocycles. The molecule has 0 fully saturated rings. The molecule has 0 saturated carbocycles. The van der Waals surface area contributed by atoms with Crippen LogP contribution < -0.4 is 5.32 Å². The lowest BCUT2D eigenvalue weighted by Crippen LogP contribution is -2.20. The maximum Gasteiger partial charge on any atom is 0.124 e. The van der Waals surface area contributed by atoms with Gasteiger partial charge in [0.15, 0.2) is 0 Å². The predicted molar refractivity (Wildman–Crippen MR) is 70.1 cm³/mol. The molecule has 1 atom stereocenters. The molecule has 1 aromatic heterocycles. The number of ether oxygens (including phenoxy) is 1. The number of thiophene rings is 1. The number of rotatable bonds is 5. The van der Waals surface area contributed by atoms with Crippen molar-refractivity contribution in [1.29, 1.82) is 0 Å². The van der Waals surface area contributed by atoms with Crippen LogP contribution in [-0.4, -0.2) is 20.3 Å². The second-order valence-electron chi connectivity index (χ2n) is 3.83. The van der Waals surface area contributed by atoms with Gasteiger partial charge in [0.25, 0.3) is 0 Å². The Bertz CT molecular complexity index is 497. The normalized spacial score (nSPS) is 13.1. The van der Waals surface area contributed by atoms with E-state index in [2.05, 4.69) is 11.4 Å². The van der Waals surface area contributed by atoms with E-state index >= 15 is 0 Å². The third-order valence-corrected chi connectivity index (χ3v) is 3.89. The van der Waals surface area contributed by atoms with E-state index in [9.17, 15) is 4.39 Å². The van der Waals surface area contributed by atoms with Gasteiger partial charge in [-0.3, -0.25) is 0 Å². The number of hydrogen-bond acceptors (Lipinski definition) is 3. The molecule has 4 heteroatoms. The first-order valence-corrected chi connectivity index (χ1v) is 6.50. The van der Waals surface area contributed by atoms with Crippen LogP contribution in [0.5, 0.6) is 0 Å². The first-order chi connectivity index (χ1) is 8.24. The topological polar surface area (TPSA) is 21.3 Å². The molecule has 0 spiro atoms. The van der Waals surface area contributed by atoms with E-state index in [4.69, 9.17) is 4.74 Å². The van der Waals surface area contributed by atoms with Gasteiger partial charge in [-0.1, -0.05) is 6.07 Å². The van der Waals surface area contributed by atoms with Gasteiger partial charge in [-0.2, -0.15) is 0 Å². The van der Waals surface area contributed by atoms with Crippen LogP contribution in [0.2, 0.25) is 0 Å². The summed E-state index contributed by atoms with van der Waals surface area (Å²) in [5, 5.41) is 4.31. The lowest BCUT2D eigenvalue weighted by atomic mass is 10.2. The summed E-state index contributed by atoms with van der Waals surface area (Å²) in [4.78, 5) is 1.18. The minimum atomic E-state index is -0.184. The summed E-state index contributed by atoms with van der Waals surface area (Å²) < 4.78 is 19.5. The molecule has 0 saturated heterocycles. The number of hydrogen-bond donors (Lipinski definition) is 1. The van der Waals surface area contributed by atoms with E-state index in [1.165, 1.54) is 10.9 Å². The SMILES string of the molecule is CCOCC(NC)c1cc2ccc(F)cc2s1. The lowest BCUT2D eigenvalue weighted by Gasteiger charge is -2.13. The van der Waals surface area contributed by atoms with Gasteiger partial charge in [0.1, 0.15) is 5.82 Å². The van der Waals surface area contributed by atoms with Gasteiger partial charge in [-0.15, -0.1) is 11.3 Å². The molecule has 0 aliphatic carbocycles. The number of halogens is 1. The fourth-order valence-corrected chi connectivity index (χ4v) is 2.92. The summed E-state index contributed by atoms with van der Waals surface area (Å²) in [5.41, 5.74) is 0. The quantitative estimate of drug-likeness (QED) is 0.882. The average Bonchev–Trinajstić information content (AvgIpc) is 2.72. The molecule has 2 aromatic rings. The van der Waals surface area contributed by atoms with Gasteiger partial charge in [0.2, 0.25) is 0 Å². The third kappa shape index (κ3) is 2.83. The first-order valence-electron chi connectivity index (χ1n) is 5.68. The second kappa shape index (κ2) is 5.58. The Kier molecular flexibility index (Phi) is 4.10. The summed E-state index contributed by atoms with van der Waals surface area (Å²) in [6, 6.07) is 7.17. The highest BCUT2D eigenvalue weighted by Crippen LogP contribution is 2.30. The number of likely N-dealkylation sites (N-methyl/N-ethyl adjacent to an activating group) is 1. The Morgan fingerprint density at radius 3 is 2.94 bits per heavy atom. The van der Waals surface area contributed by atoms with E-state index in [1.54, 1.807) is 17.4 Å². The van der Waals surface area contributed by atoms with Gasteiger partial charge in [-0.25, -0.2) is 4.39 Å². The maximum absolute atomic E-state index is 13.1. The Labute approximate surface area is 104 Å². The Morgan fingerprint density at radius 2 is 2.24 bits per heavy atom. The van der Waals surface area contributed by atoms with Crippen LogP contribution in [0, 0.1) is 5.82 Å². The molecule has 2 nitrogen and oxygen atoms in total. The van der Waals surface area contributed by atoms with Gasteiger partial charge in [-0.05, 0) is 37.6 Å². The van der Waals surface area contributed by atoms with Crippen molar-refractivity contribution in [3.8, 4) is 0 Å². The van der Waals surface area contributed by atoms with Crippen LogP contribution in [0.1, 0.15) is 17.8 Å². The second-order valence-corrected chi connectivity index (χ2v) is 4.95. The predicted octanol–water partition coefficient (Wildman–Crippen LogP) is 3.34. The highest BCUT2D eigenvalue weighted by atomic mass is 32.1. The zero-order valence-corrected chi connectivity index (χ0v) is 10.8. The van der Waals surface area contributed by atoms with E-state index in [0.717, 1.165) is 10.1 Å². The minimum Gasteiger partial charge on any atom is -0.380 e. The van der Waals surface area contributed by atoms with Crippen molar-refractivity contribution in [3.05, 3.63) is 35.0 Å². The monoisotopic (exact) mass is 253 g/mol. The number of nitrogens with one attached hydrogen (secondary N) is 1. The molecule has 0 aliphatic rings. The van der Waals surface area contributed by atoms with Crippen molar-refractivity contribution < 1.29 is 9.13 Å². The molecule has 1 N–H and O–H groups in total. The van der Waals surface area contributed by atoms with Crippen molar-refractivity contribution >= 4 is 21.4 Å². The molecule has 1 heterocycles. The van der Waals surface area contributed by atoms with Crippen molar-refractivity contribution in [2.75, 3.05) is 20.3 Å². The van der Waals surface area contributed by atoms with Crippen molar-refractivity contribution in [1.82, 2.24) is 5.32 Å². The molecule has 0 bridgehead atoms. The zero-order chi connectivity index (χ0) is 12.3. The molecule has 2 rings (SSSR count). The highest BCUT2D eigenvalue weighted by Gasteiger charge is 2.12. The van der Waals surface area contributed by atoms with Crippen LogP contribution in [0.25, 0.3) is 10.1 Å². The zero-order valence-electron chi connectivity index (χ0n) is 10.00. The first kappa shape index (κ1) is 12.5. The van der Waals surface area contributed by atoms with Gasteiger partial charge in [0.05, 0.1) is 12.6 Å². The third-order valence-electron chi connectivity index (χ3n) is 2.68. The molecular weight excluding hydrogens is 237 g/mol. The van der Waals surface area contributed by atoms with Crippen molar-refractivity contribution in [3.63, 3.8) is 0 Å².